The molecule has 11 nitrogen and oxygen atoms in total. The minimum atomic E-state index is -0.732. The summed E-state index contributed by atoms with van der Waals surface area (Å²) in [5.41, 5.74) is 1.06. The van der Waals surface area contributed by atoms with Crippen LogP contribution in [0.15, 0.2) is 18.3 Å². The quantitative estimate of drug-likeness (QED) is 0.343. The van der Waals surface area contributed by atoms with E-state index in [0.717, 1.165) is 38.0 Å². The molecule has 1 aliphatic heterocycles. The molecule has 2 aliphatic rings. The first-order valence-electron chi connectivity index (χ1n) is 13.3. The van der Waals surface area contributed by atoms with Gasteiger partial charge in [0, 0.05) is 62.7 Å². The molecule has 3 N–H and O–H groups in total. The Morgan fingerprint density at radius 2 is 1.90 bits per heavy atom. The fraction of sp³-hybridized carbons (Fsp3) is 0.556. The van der Waals surface area contributed by atoms with E-state index in [0.29, 0.717) is 22.3 Å². The first kappa shape index (κ1) is 33.3. The molecule has 1 aliphatic carbocycles. The van der Waals surface area contributed by atoms with E-state index in [1.807, 2.05) is 20.9 Å². The average molecular weight is 594 g/mol. The molecule has 1 unspecified atom stereocenters. The van der Waals surface area contributed by atoms with Gasteiger partial charge in [-0.2, -0.15) is 0 Å². The van der Waals surface area contributed by atoms with Gasteiger partial charge >= 0.3 is 0 Å². The smallest absolute Gasteiger partial charge is 0.289 e. The van der Waals surface area contributed by atoms with Crippen LogP contribution < -0.4 is 16.0 Å². The van der Waals surface area contributed by atoms with Crippen LogP contribution in [0.25, 0.3) is 0 Å². The van der Waals surface area contributed by atoms with Crippen molar-refractivity contribution in [2.45, 2.75) is 58.2 Å². The molecule has 3 amide bonds. The number of hydrogen-bond acceptors (Lipinski definition) is 9. The number of carbonyl (C=O) groups is 4. The number of aldehydes is 1. The molecular formula is C27H40ClN7O4S. The third-order valence-corrected chi connectivity index (χ3v) is 7.83. The van der Waals surface area contributed by atoms with Gasteiger partial charge in [-0.1, -0.05) is 25.4 Å². The van der Waals surface area contributed by atoms with Gasteiger partial charge in [0.25, 0.3) is 11.8 Å². The monoisotopic (exact) mass is 593 g/mol. The number of fused-ring (bicyclic) bond motifs is 1. The van der Waals surface area contributed by atoms with Gasteiger partial charge in [0.2, 0.25) is 12.2 Å². The summed E-state index contributed by atoms with van der Waals surface area (Å²) in [6, 6.07) is 3.20. The highest BCUT2D eigenvalue weighted by Crippen LogP contribution is 2.28. The van der Waals surface area contributed by atoms with Crippen molar-refractivity contribution < 1.29 is 19.2 Å². The van der Waals surface area contributed by atoms with Crippen molar-refractivity contribution in [1.29, 1.82) is 0 Å². The normalized spacial score (nSPS) is 19.9. The molecule has 0 saturated heterocycles. The fourth-order valence-corrected chi connectivity index (χ4v) is 5.72. The number of rotatable bonds is 6. The number of thiazole rings is 1. The van der Waals surface area contributed by atoms with Crippen LogP contribution in [-0.4, -0.2) is 90.6 Å². The number of nitrogens with one attached hydrogen (secondary N) is 3. The van der Waals surface area contributed by atoms with Crippen LogP contribution >= 0.6 is 22.9 Å². The number of nitrogens with zero attached hydrogens (tertiary/aromatic N) is 4. The average Bonchev–Trinajstić information content (AvgIpc) is 3.38. The van der Waals surface area contributed by atoms with Crippen molar-refractivity contribution in [2.24, 2.45) is 5.92 Å². The van der Waals surface area contributed by atoms with Crippen molar-refractivity contribution in [3.05, 3.63) is 38.9 Å². The standard InChI is InChI=1S/C18H29N5O2S.C7H5ClN2O2.C2H6/c1-19-12-6-5-11(18(25)22(2)3)9-14(12)20-16(24)17-21-13-7-8-23(4)10-15(13)26-17;8-5-1-2-6(9-3-5)10-7(12)4-11;1-2/h11-12,14,19H,5-10H2,1-4H3,(H,20,24);1-4H,(H,9,10,12);1-2H3/t11?,12-,14+;;/m0../s1. The van der Waals surface area contributed by atoms with Crippen molar-refractivity contribution in [3.63, 3.8) is 0 Å². The molecule has 220 valence electrons. The molecule has 0 bridgehead atoms. The molecule has 0 spiro atoms. The van der Waals surface area contributed by atoms with Crippen LogP contribution in [0.4, 0.5) is 5.82 Å². The number of aromatic nitrogens is 2. The number of carbonyl (C=O) groups excluding carboxylic acids is 4. The lowest BCUT2D eigenvalue weighted by Crippen LogP contribution is -2.53. The van der Waals surface area contributed by atoms with Crippen LogP contribution in [0, 0.1) is 5.92 Å². The molecular weight excluding hydrogens is 554 g/mol. The second kappa shape index (κ2) is 16.4. The SMILES string of the molecule is CC.CN[C@H]1CCC(C(=O)N(C)C)C[C@H]1NC(=O)c1nc2c(s1)CN(C)CC2.O=CC(=O)Nc1ccc(Cl)cn1. The van der Waals surface area contributed by atoms with E-state index in [9.17, 15) is 19.2 Å². The second-order valence-electron chi connectivity index (χ2n) is 9.56. The van der Waals surface area contributed by atoms with Gasteiger partial charge in [-0.05, 0) is 45.5 Å². The summed E-state index contributed by atoms with van der Waals surface area (Å²) in [5, 5.41) is 9.69. The molecule has 13 heteroatoms. The lowest BCUT2D eigenvalue weighted by molar-refractivity contribution is -0.134. The molecule has 1 saturated carbocycles. The van der Waals surface area contributed by atoms with E-state index in [4.69, 9.17) is 11.6 Å². The maximum Gasteiger partial charge on any atom is 0.289 e. The lowest BCUT2D eigenvalue weighted by Gasteiger charge is -2.36. The molecule has 40 heavy (non-hydrogen) atoms. The van der Waals surface area contributed by atoms with Gasteiger partial charge < -0.3 is 25.8 Å². The highest BCUT2D eigenvalue weighted by Gasteiger charge is 2.35. The zero-order valence-corrected chi connectivity index (χ0v) is 25.6. The molecule has 2 aromatic rings. The van der Waals surface area contributed by atoms with E-state index >= 15 is 0 Å². The number of halogens is 1. The molecule has 2 aromatic heterocycles. The number of likely N-dealkylation sites (N-methyl/N-ethyl adjacent to an activating group) is 2. The van der Waals surface area contributed by atoms with Gasteiger partial charge in [0.05, 0.1) is 10.7 Å². The highest BCUT2D eigenvalue weighted by molar-refractivity contribution is 7.13. The Hall–Kier alpha value is -2.93. The van der Waals surface area contributed by atoms with E-state index in [1.54, 1.807) is 25.1 Å². The Balaban J connectivity index is 0.000000336. The van der Waals surface area contributed by atoms with Crippen LogP contribution in [0.5, 0.6) is 0 Å². The Bertz CT molecular complexity index is 1140. The Morgan fingerprint density at radius 1 is 1.18 bits per heavy atom. The van der Waals surface area contributed by atoms with Gasteiger partial charge in [-0.25, -0.2) is 9.97 Å². The molecule has 3 atom stereocenters. The van der Waals surface area contributed by atoms with Crippen LogP contribution in [0.3, 0.4) is 0 Å². The highest BCUT2D eigenvalue weighted by atomic mass is 35.5. The molecule has 0 aromatic carbocycles. The second-order valence-corrected chi connectivity index (χ2v) is 11.1. The topological polar surface area (TPSA) is 137 Å². The number of amides is 3. The summed E-state index contributed by atoms with van der Waals surface area (Å²) in [6.45, 7) is 5.85. The fourth-order valence-electron chi connectivity index (χ4n) is 4.52. The Labute approximate surface area is 245 Å². The predicted octanol–water partition coefficient (Wildman–Crippen LogP) is 2.60. The zero-order chi connectivity index (χ0) is 29.8. The molecule has 4 rings (SSSR count). The van der Waals surface area contributed by atoms with Crippen molar-refractivity contribution >= 4 is 52.8 Å². The van der Waals surface area contributed by atoms with Crippen molar-refractivity contribution in [2.75, 3.05) is 40.1 Å². The van der Waals surface area contributed by atoms with E-state index in [-0.39, 0.29) is 36.1 Å². The predicted molar refractivity (Wildman–Crippen MR) is 158 cm³/mol. The first-order chi connectivity index (χ1) is 19.1. The number of pyridine rings is 1. The van der Waals surface area contributed by atoms with Crippen LogP contribution in [-0.2, 0) is 27.3 Å². The molecule has 0 radical (unpaired) electrons. The van der Waals surface area contributed by atoms with Gasteiger partial charge in [-0.15, -0.1) is 11.3 Å². The van der Waals surface area contributed by atoms with Crippen molar-refractivity contribution in [3.8, 4) is 0 Å². The summed E-state index contributed by atoms with van der Waals surface area (Å²) < 4.78 is 0. The third-order valence-electron chi connectivity index (χ3n) is 6.53. The maximum atomic E-state index is 12.8. The maximum absolute atomic E-state index is 12.8. The first-order valence-corrected chi connectivity index (χ1v) is 14.5. The van der Waals surface area contributed by atoms with Crippen LogP contribution in [0.2, 0.25) is 5.02 Å². The third kappa shape index (κ3) is 9.61. The minimum absolute atomic E-state index is 0.0296. The largest absolute Gasteiger partial charge is 0.349 e. The summed E-state index contributed by atoms with van der Waals surface area (Å²) in [7, 11) is 7.58. The van der Waals surface area contributed by atoms with Crippen LogP contribution in [0.1, 0.15) is 53.5 Å². The summed E-state index contributed by atoms with van der Waals surface area (Å²) >= 11 is 7.03. The van der Waals surface area contributed by atoms with Crippen molar-refractivity contribution in [1.82, 2.24) is 30.4 Å². The number of anilines is 1. The molecule has 1 fully saturated rings. The van der Waals surface area contributed by atoms with Gasteiger partial charge in [0.15, 0.2) is 5.01 Å². The van der Waals surface area contributed by atoms with E-state index in [1.165, 1.54) is 28.5 Å². The minimum Gasteiger partial charge on any atom is -0.349 e. The number of hydrogen-bond donors (Lipinski definition) is 3. The van der Waals surface area contributed by atoms with Gasteiger partial charge in [-0.3, -0.25) is 19.2 Å². The zero-order valence-electron chi connectivity index (χ0n) is 24.0. The molecule has 3 heterocycles. The van der Waals surface area contributed by atoms with E-state index < -0.39 is 5.91 Å². The van der Waals surface area contributed by atoms with E-state index in [2.05, 4.69) is 37.9 Å². The lowest BCUT2D eigenvalue weighted by atomic mass is 9.81. The summed E-state index contributed by atoms with van der Waals surface area (Å²) in [4.78, 5) is 58.9. The summed E-state index contributed by atoms with van der Waals surface area (Å²) in [5.74, 6) is -0.429. The Morgan fingerprint density at radius 3 is 2.50 bits per heavy atom. The summed E-state index contributed by atoms with van der Waals surface area (Å²) in [6.07, 6.45) is 4.86. The van der Waals surface area contributed by atoms with Gasteiger partial charge in [0.1, 0.15) is 5.82 Å². The Kier molecular flexibility index (Phi) is 13.6.